The van der Waals surface area contributed by atoms with Crippen LogP contribution in [-0.4, -0.2) is 104 Å². The van der Waals surface area contributed by atoms with Crippen molar-refractivity contribution in [3.05, 3.63) is 53.3 Å². The van der Waals surface area contributed by atoms with E-state index in [1.54, 1.807) is 32.3 Å². The van der Waals surface area contributed by atoms with Gasteiger partial charge in [-0.3, -0.25) is 30.3 Å². The van der Waals surface area contributed by atoms with E-state index >= 15 is 0 Å². The number of hydrogen-bond donors (Lipinski definition) is 6. The first-order chi connectivity index (χ1) is 26.0. The molecule has 0 saturated carbocycles. The van der Waals surface area contributed by atoms with E-state index in [0.29, 0.717) is 43.1 Å². The average molecular weight is 862 g/mol. The van der Waals surface area contributed by atoms with Crippen LogP contribution < -0.4 is 53.9 Å². The number of nitrogens with zero attached hydrogens (tertiary/aromatic N) is 4. The minimum atomic E-state index is -1.93. The molecule has 304 valence electrons. The number of methoxy groups -OCH3 is 1. The van der Waals surface area contributed by atoms with Crippen LogP contribution in [0.4, 0.5) is 22.1 Å². The molecule has 22 heteroatoms. The van der Waals surface area contributed by atoms with E-state index in [1.807, 2.05) is 0 Å². The molecule has 2 aliphatic heterocycles. The highest BCUT2D eigenvalue weighted by atomic mass is 35.6. The van der Waals surface area contributed by atoms with Crippen molar-refractivity contribution < 1.29 is 61.1 Å². The lowest BCUT2D eigenvalue weighted by Crippen LogP contribution is -3.00. The standard InChI is InChI=1S/C34H40Cl3N9O9.ClH/c1-43-19(29(48)40-12-10-25(38)39)6-9-27(43)42-30(49)20-7-8-26(44(20)2)41-28(47)11-14-54-24-16-22-18(15-23(24)53-3)31(50)45-13-4-5-21(45)32(51)46(22)33(52)55-17-34(35,36)37;/h6-9,15-16,21,32,51H,4-5,10-14,17H2,1-3H3,(H3,38,39)(H,40,48)(H,41,47)(H,42,49);1H/t21-,32-;/m0./s1. The predicted molar refractivity (Wildman–Crippen MR) is 203 cm³/mol. The first kappa shape index (κ1) is 43.8. The zero-order chi connectivity index (χ0) is 40.2. The summed E-state index contributed by atoms with van der Waals surface area (Å²) in [5, 5.41) is 25.0. The van der Waals surface area contributed by atoms with Gasteiger partial charge in [0.2, 0.25) is 15.5 Å². The Bertz CT molecular complexity index is 2000. The van der Waals surface area contributed by atoms with Crippen molar-refractivity contribution in [2.24, 2.45) is 19.8 Å². The van der Waals surface area contributed by atoms with Crippen LogP contribution in [0.1, 0.15) is 57.0 Å². The highest BCUT2D eigenvalue weighted by molar-refractivity contribution is 6.67. The van der Waals surface area contributed by atoms with Crippen molar-refractivity contribution >= 4 is 87.7 Å². The van der Waals surface area contributed by atoms with Crippen LogP contribution in [-0.2, 0) is 23.6 Å². The van der Waals surface area contributed by atoms with Crippen molar-refractivity contribution in [1.82, 2.24) is 19.4 Å². The number of amidine groups is 1. The number of nitrogens with two attached hydrogens (primary N) is 2. The maximum Gasteiger partial charge on any atom is 0.416 e. The van der Waals surface area contributed by atoms with Crippen molar-refractivity contribution in [1.29, 1.82) is 0 Å². The normalized spacial score (nSPS) is 16.2. The zero-order valence-electron chi connectivity index (χ0n) is 30.4. The molecule has 4 heterocycles. The molecule has 1 aromatic carbocycles. The highest BCUT2D eigenvalue weighted by Gasteiger charge is 2.45. The van der Waals surface area contributed by atoms with Crippen LogP contribution in [0.2, 0.25) is 0 Å². The first-order valence-corrected chi connectivity index (χ1v) is 18.1. The van der Waals surface area contributed by atoms with Gasteiger partial charge in [-0.15, -0.1) is 0 Å². The lowest BCUT2D eigenvalue weighted by Gasteiger charge is -2.32. The third-order valence-corrected chi connectivity index (χ3v) is 9.33. The largest absolute Gasteiger partial charge is 1.00 e. The number of hydrogen-bond acceptors (Lipinski definition) is 9. The van der Waals surface area contributed by atoms with Gasteiger partial charge in [0.15, 0.2) is 17.7 Å². The van der Waals surface area contributed by atoms with E-state index in [1.165, 1.54) is 39.3 Å². The minimum Gasteiger partial charge on any atom is -1.00 e. The van der Waals surface area contributed by atoms with Crippen molar-refractivity contribution in [2.45, 2.75) is 41.7 Å². The number of nitrogens with one attached hydrogen (secondary N) is 3. The second kappa shape index (κ2) is 18.4. The SMILES string of the molecule is COc1cc2c(cc1OCCC(=O)Nc1ccc(C(=O)Nc3ccc(C(=O)NCCC(N)=[NH2+])n3C)n1C)N(C(=O)OCC(Cl)(Cl)Cl)[C@@H](O)[C@@H]1CCCN1C2=O.[Cl-]. The average Bonchev–Trinajstić information content (AvgIpc) is 3.84. The summed E-state index contributed by atoms with van der Waals surface area (Å²) < 4.78 is 17.7. The van der Waals surface area contributed by atoms with Gasteiger partial charge in [-0.2, -0.15) is 0 Å². The van der Waals surface area contributed by atoms with Gasteiger partial charge in [0, 0.05) is 33.3 Å². The smallest absolute Gasteiger partial charge is 0.416 e. The fraction of sp³-hybridized carbons (Fsp3) is 0.412. The van der Waals surface area contributed by atoms with E-state index in [4.69, 9.17) is 60.2 Å². The number of anilines is 3. The lowest BCUT2D eigenvalue weighted by atomic mass is 10.1. The van der Waals surface area contributed by atoms with Gasteiger partial charge in [0.1, 0.15) is 29.6 Å². The number of fused-ring (bicyclic) bond motifs is 2. The molecule has 1 saturated heterocycles. The first-order valence-electron chi connectivity index (χ1n) is 16.9. The Labute approximate surface area is 342 Å². The van der Waals surface area contributed by atoms with Gasteiger partial charge in [0.05, 0.1) is 43.9 Å². The molecule has 2 aliphatic rings. The number of ether oxygens (including phenoxy) is 3. The van der Waals surface area contributed by atoms with E-state index in [9.17, 15) is 29.1 Å². The lowest BCUT2D eigenvalue weighted by molar-refractivity contribution is -0.118. The summed E-state index contributed by atoms with van der Waals surface area (Å²) in [4.78, 5) is 68.0. The fourth-order valence-corrected chi connectivity index (χ4v) is 6.38. The van der Waals surface area contributed by atoms with E-state index in [-0.39, 0.29) is 72.2 Å². The highest BCUT2D eigenvalue weighted by Crippen LogP contribution is 2.41. The monoisotopic (exact) mass is 859 g/mol. The third kappa shape index (κ3) is 9.91. The third-order valence-electron chi connectivity index (χ3n) is 9.00. The summed E-state index contributed by atoms with van der Waals surface area (Å²) in [6, 6.07) is 8.22. The maximum atomic E-state index is 13.6. The number of aliphatic hydroxyl groups excluding tert-OH is 1. The number of aliphatic hydroxyl groups is 1. The molecule has 0 aliphatic carbocycles. The molecule has 5 rings (SSSR count). The van der Waals surface area contributed by atoms with Crippen molar-refractivity contribution in [3.8, 4) is 11.5 Å². The number of benzene rings is 1. The van der Waals surface area contributed by atoms with Gasteiger partial charge < -0.3 is 61.7 Å². The second-order valence-corrected chi connectivity index (χ2v) is 15.2. The number of amides is 5. The van der Waals surface area contributed by atoms with Gasteiger partial charge in [0.25, 0.3) is 17.7 Å². The minimum absolute atomic E-state index is 0. The van der Waals surface area contributed by atoms with Gasteiger partial charge in [-0.25, -0.2) is 9.69 Å². The molecule has 56 heavy (non-hydrogen) atoms. The van der Waals surface area contributed by atoms with E-state index < -0.39 is 46.5 Å². The molecular weight excluding hydrogens is 820 g/mol. The summed E-state index contributed by atoms with van der Waals surface area (Å²) in [5.74, 6) is -0.684. The summed E-state index contributed by atoms with van der Waals surface area (Å²) >= 11 is 17.4. The summed E-state index contributed by atoms with van der Waals surface area (Å²) in [6.45, 7) is -0.187. The fourth-order valence-electron chi connectivity index (χ4n) is 6.22. The summed E-state index contributed by atoms with van der Waals surface area (Å²) in [7, 11) is 4.58. The molecule has 3 aromatic rings. The molecule has 2 aromatic heterocycles. The molecule has 18 nitrogen and oxygen atoms in total. The molecule has 0 bridgehead atoms. The van der Waals surface area contributed by atoms with Gasteiger partial charge in [-0.05, 0) is 43.2 Å². The molecule has 0 unspecified atom stereocenters. The molecular formula is C34H41Cl4N9O9. The molecule has 0 spiro atoms. The second-order valence-electron chi connectivity index (χ2n) is 12.7. The van der Waals surface area contributed by atoms with Crippen LogP contribution in [0.5, 0.6) is 11.5 Å². The number of halogens is 4. The van der Waals surface area contributed by atoms with Crippen molar-refractivity contribution in [2.75, 3.05) is 48.9 Å². The zero-order valence-corrected chi connectivity index (χ0v) is 33.5. The van der Waals surface area contributed by atoms with E-state index in [2.05, 4.69) is 16.0 Å². The Morgan fingerprint density at radius 2 is 1.62 bits per heavy atom. The molecule has 8 N–H and O–H groups in total. The maximum absolute atomic E-state index is 13.6. The predicted octanol–water partition coefficient (Wildman–Crippen LogP) is -1.48. The number of rotatable bonds is 13. The molecule has 0 radical (unpaired) electrons. The molecule has 5 amide bonds. The Kier molecular flexibility index (Phi) is 14.4. The Morgan fingerprint density at radius 1 is 0.982 bits per heavy atom. The van der Waals surface area contributed by atoms with Crippen LogP contribution in [0.25, 0.3) is 0 Å². The number of carbonyl (C=O) groups is 5. The van der Waals surface area contributed by atoms with Crippen molar-refractivity contribution in [3.63, 3.8) is 0 Å². The summed E-state index contributed by atoms with van der Waals surface area (Å²) in [5.41, 5.74) is 5.98. The Balaban J connectivity index is 0.00000696. The topological polar surface area (TPSA) is 237 Å². The Morgan fingerprint density at radius 3 is 2.25 bits per heavy atom. The Hall–Kier alpha value is -4.88. The molecule has 2 atom stereocenters. The van der Waals surface area contributed by atoms with Crippen LogP contribution in [0, 0.1) is 0 Å². The number of alkyl halides is 3. The quantitative estimate of drug-likeness (QED) is 0.0663. The number of aromatic nitrogens is 2. The number of carbonyl (C=O) groups excluding carboxylic acids is 5. The van der Waals surface area contributed by atoms with Crippen LogP contribution in [0.3, 0.4) is 0 Å². The molecule has 1 fully saturated rings. The van der Waals surface area contributed by atoms with Crippen LogP contribution in [0.15, 0.2) is 36.4 Å². The van der Waals surface area contributed by atoms with Gasteiger partial charge >= 0.3 is 6.09 Å². The van der Waals surface area contributed by atoms with E-state index in [0.717, 1.165) is 4.90 Å². The summed E-state index contributed by atoms with van der Waals surface area (Å²) in [6.07, 6.45) is -1.37. The van der Waals surface area contributed by atoms with Crippen LogP contribution >= 0.6 is 34.8 Å². The van der Waals surface area contributed by atoms with Gasteiger partial charge in [-0.1, -0.05) is 34.8 Å².